The van der Waals surface area contributed by atoms with E-state index < -0.39 is 11.7 Å². The number of amides is 1. The number of pyridine rings is 1. The molecule has 0 aliphatic carbocycles. The first-order valence-corrected chi connectivity index (χ1v) is 11.1. The van der Waals surface area contributed by atoms with Gasteiger partial charge in [-0.2, -0.15) is 0 Å². The summed E-state index contributed by atoms with van der Waals surface area (Å²) in [6.07, 6.45) is 0. The molecule has 0 fully saturated rings. The highest BCUT2D eigenvalue weighted by molar-refractivity contribution is 7.22. The van der Waals surface area contributed by atoms with Gasteiger partial charge in [0.1, 0.15) is 17.3 Å². The van der Waals surface area contributed by atoms with E-state index in [-0.39, 0.29) is 17.4 Å². The van der Waals surface area contributed by atoms with Gasteiger partial charge in [0.25, 0.3) is 5.91 Å². The van der Waals surface area contributed by atoms with Gasteiger partial charge in [0.15, 0.2) is 5.13 Å². The molecule has 4 rings (SSSR count). The Morgan fingerprint density at radius 2 is 2.00 bits per heavy atom. The second-order valence-electron chi connectivity index (χ2n) is 7.37. The Morgan fingerprint density at radius 3 is 2.72 bits per heavy atom. The maximum Gasteiger partial charge on any atom is 0.259 e. The number of carbonyl (C=O) groups is 1. The van der Waals surface area contributed by atoms with Crippen LogP contribution in [-0.2, 0) is 0 Å². The summed E-state index contributed by atoms with van der Waals surface area (Å²) in [7, 11) is 0. The number of nitrogens with one attached hydrogen (secondary N) is 1. The van der Waals surface area contributed by atoms with Gasteiger partial charge < -0.3 is 10.2 Å². The van der Waals surface area contributed by atoms with Gasteiger partial charge in [-0.25, -0.2) is 19.0 Å². The topological polar surface area (TPSA) is 102 Å². The lowest BCUT2D eigenvalue weighted by atomic mass is 10.2. The molecule has 32 heavy (non-hydrogen) atoms. The summed E-state index contributed by atoms with van der Waals surface area (Å²) < 4.78 is 17.1. The molecule has 1 amide bonds. The Labute approximate surface area is 188 Å². The zero-order valence-corrected chi connectivity index (χ0v) is 19.0. The summed E-state index contributed by atoms with van der Waals surface area (Å²) in [6, 6.07) is 7.99. The molecule has 0 saturated carbocycles. The number of aromatic nitrogens is 6. The third-order valence-corrected chi connectivity index (χ3v) is 6.03. The minimum absolute atomic E-state index is 0.0431. The van der Waals surface area contributed by atoms with Crippen molar-refractivity contribution >= 4 is 38.4 Å². The molecule has 0 aliphatic heterocycles. The summed E-state index contributed by atoms with van der Waals surface area (Å²) in [4.78, 5) is 23.9. The predicted molar refractivity (Wildman–Crippen MR) is 123 cm³/mol. The molecule has 0 radical (unpaired) electrons. The van der Waals surface area contributed by atoms with Crippen LogP contribution in [0.1, 0.15) is 44.1 Å². The van der Waals surface area contributed by atoms with E-state index in [0.29, 0.717) is 17.0 Å². The predicted octanol–water partition coefficient (Wildman–Crippen LogP) is 4.16. The van der Waals surface area contributed by atoms with Crippen LogP contribution in [0, 0.1) is 5.82 Å². The third-order valence-electron chi connectivity index (χ3n) is 4.95. The summed E-state index contributed by atoms with van der Waals surface area (Å²) in [6.45, 7) is 9.58. The Balaban J connectivity index is 1.61. The first kappa shape index (κ1) is 21.8. The van der Waals surface area contributed by atoms with E-state index in [1.807, 2.05) is 27.7 Å². The van der Waals surface area contributed by atoms with Gasteiger partial charge in [-0.1, -0.05) is 17.4 Å². The highest BCUT2D eigenvalue weighted by Gasteiger charge is 2.18. The number of halogens is 1. The van der Waals surface area contributed by atoms with Gasteiger partial charge in [0.2, 0.25) is 5.82 Å². The van der Waals surface area contributed by atoms with Crippen LogP contribution in [0.25, 0.3) is 21.7 Å². The van der Waals surface area contributed by atoms with Gasteiger partial charge in [0.05, 0.1) is 21.8 Å². The number of nitrogens with zero attached hydrogens (tertiary/aromatic N) is 7. The van der Waals surface area contributed by atoms with E-state index in [1.54, 1.807) is 22.9 Å². The fourth-order valence-electron chi connectivity index (χ4n) is 3.26. The number of carbonyl (C=O) groups excluding carboxylic acids is 1. The lowest BCUT2D eigenvalue weighted by Crippen LogP contribution is -2.21. The summed E-state index contributed by atoms with van der Waals surface area (Å²) in [5.74, 6) is -0.461. The molecule has 0 unspecified atom stereocenters. The molecular weight excluding hydrogens is 431 g/mol. The quantitative estimate of drug-likeness (QED) is 0.447. The molecule has 9 nitrogen and oxygen atoms in total. The van der Waals surface area contributed by atoms with E-state index in [4.69, 9.17) is 0 Å². The summed E-state index contributed by atoms with van der Waals surface area (Å²) >= 11 is 1.43. The molecule has 0 saturated heterocycles. The van der Waals surface area contributed by atoms with E-state index in [1.165, 1.54) is 23.5 Å². The Hall–Kier alpha value is -3.47. The number of thiazole rings is 1. The number of hydrogen-bond donors (Lipinski definition) is 1. The summed E-state index contributed by atoms with van der Waals surface area (Å²) in [5.41, 5.74) is 0.974. The molecule has 166 valence electrons. The Morgan fingerprint density at radius 1 is 1.22 bits per heavy atom. The molecule has 0 aliphatic rings. The molecule has 1 N–H and O–H groups in total. The Bertz CT molecular complexity index is 1260. The Kier molecular flexibility index (Phi) is 6.08. The average Bonchev–Trinajstić information content (AvgIpc) is 3.41. The normalized spacial score (nSPS) is 11.3. The van der Waals surface area contributed by atoms with Crippen molar-refractivity contribution in [1.29, 1.82) is 0 Å². The standard InChI is InChI=1S/C21H23FN8OS/c1-5-29(6-2)21-24-16-11-14(22)13(10-17(16)32-21)20(31)25-18-9-7-8-15(23-18)19-26-27-28-30(19)12(3)4/h7-12H,5-6H2,1-4H3,(H,23,25,31). The number of tetrazole rings is 1. The van der Waals surface area contributed by atoms with Crippen LogP contribution in [0.15, 0.2) is 30.3 Å². The maximum atomic E-state index is 14.7. The molecule has 0 bridgehead atoms. The zero-order chi connectivity index (χ0) is 22.8. The second-order valence-corrected chi connectivity index (χ2v) is 8.38. The molecule has 1 aromatic carbocycles. The van der Waals surface area contributed by atoms with Crippen molar-refractivity contribution in [2.45, 2.75) is 33.7 Å². The van der Waals surface area contributed by atoms with Crippen LogP contribution < -0.4 is 10.2 Å². The van der Waals surface area contributed by atoms with E-state index >= 15 is 0 Å². The largest absolute Gasteiger partial charge is 0.349 e. The van der Waals surface area contributed by atoms with Crippen LogP contribution in [-0.4, -0.2) is 49.2 Å². The first-order chi connectivity index (χ1) is 15.4. The van der Waals surface area contributed by atoms with Crippen molar-refractivity contribution in [1.82, 2.24) is 30.2 Å². The number of fused-ring (bicyclic) bond motifs is 1. The van der Waals surface area contributed by atoms with Crippen molar-refractivity contribution in [3.8, 4) is 11.5 Å². The van der Waals surface area contributed by atoms with Crippen molar-refractivity contribution in [3.63, 3.8) is 0 Å². The molecule has 0 atom stereocenters. The molecule has 3 aromatic heterocycles. The van der Waals surface area contributed by atoms with Crippen LogP contribution in [0.3, 0.4) is 0 Å². The van der Waals surface area contributed by atoms with Gasteiger partial charge in [-0.3, -0.25) is 4.79 Å². The second kappa shape index (κ2) is 8.95. The van der Waals surface area contributed by atoms with E-state index in [9.17, 15) is 9.18 Å². The van der Waals surface area contributed by atoms with Gasteiger partial charge in [0, 0.05) is 19.2 Å². The highest BCUT2D eigenvalue weighted by Crippen LogP contribution is 2.31. The smallest absolute Gasteiger partial charge is 0.259 e. The first-order valence-electron chi connectivity index (χ1n) is 10.3. The molecular formula is C21H23FN8OS. The van der Waals surface area contributed by atoms with Crippen molar-refractivity contribution in [3.05, 3.63) is 41.7 Å². The monoisotopic (exact) mass is 454 g/mol. The number of anilines is 2. The molecule has 11 heteroatoms. The summed E-state index contributed by atoms with van der Waals surface area (Å²) in [5, 5.41) is 15.2. The maximum absolute atomic E-state index is 14.7. The van der Waals surface area contributed by atoms with Crippen LogP contribution >= 0.6 is 11.3 Å². The fraction of sp³-hybridized carbons (Fsp3) is 0.333. The minimum Gasteiger partial charge on any atom is -0.349 e. The SMILES string of the molecule is CCN(CC)c1nc2cc(F)c(C(=O)Nc3cccc(-c4nnnn4C(C)C)n3)cc2s1. The number of rotatable bonds is 7. The van der Waals surface area contributed by atoms with E-state index in [0.717, 1.165) is 22.9 Å². The number of benzene rings is 1. The van der Waals surface area contributed by atoms with Crippen molar-refractivity contribution in [2.75, 3.05) is 23.3 Å². The highest BCUT2D eigenvalue weighted by atomic mass is 32.1. The zero-order valence-electron chi connectivity index (χ0n) is 18.2. The third kappa shape index (κ3) is 4.15. The van der Waals surface area contributed by atoms with Gasteiger partial charge in [-0.05, 0) is 56.3 Å². The lowest BCUT2D eigenvalue weighted by molar-refractivity contribution is 0.102. The van der Waals surface area contributed by atoms with Gasteiger partial charge in [-0.15, -0.1) is 5.10 Å². The van der Waals surface area contributed by atoms with Gasteiger partial charge >= 0.3 is 0 Å². The fourth-order valence-corrected chi connectivity index (χ4v) is 4.38. The molecule has 4 aromatic rings. The van der Waals surface area contributed by atoms with Crippen molar-refractivity contribution in [2.24, 2.45) is 0 Å². The minimum atomic E-state index is -0.633. The van der Waals surface area contributed by atoms with Crippen LogP contribution in [0.2, 0.25) is 0 Å². The number of hydrogen-bond acceptors (Lipinski definition) is 8. The van der Waals surface area contributed by atoms with E-state index in [2.05, 4.69) is 35.7 Å². The molecule has 3 heterocycles. The average molecular weight is 455 g/mol. The van der Waals surface area contributed by atoms with Crippen LogP contribution in [0.4, 0.5) is 15.3 Å². The van der Waals surface area contributed by atoms with Crippen LogP contribution in [0.5, 0.6) is 0 Å². The van der Waals surface area contributed by atoms with Crippen molar-refractivity contribution < 1.29 is 9.18 Å². The molecule has 0 spiro atoms. The lowest BCUT2D eigenvalue weighted by Gasteiger charge is -2.16.